The van der Waals surface area contributed by atoms with Crippen LogP contribution < -0.4 is 0 Å². The summed E-state index contributed by atoms with van der Waals surface area (Å²) in [6, 6.07) is 0. The Labute approximate surface area is 38.8 Å². The first kappa shape index (κ1) is 8.90. The van der Waals surface area contributed by atoms with Crippen LogP contribution in [0.4, 0.5) is 0 Å². The van der Waals surface area contributed by atoms with Crippen LogP contribution in [0.3, 0.4) is 0 Å². The zero-order chi connectivity index (χ0) is 2.71. The average Bonchev–Trinajstić information content (AvgIpc) is 0.918. The summed E-state index contributed by atoms with van der Waals surface area (Å²) < 4.78 is 0. The van der Waals surface area contributed by atoms with Gasteiger partial charge in [0.25, 0.3) is 0 Å². The van der Waals surface area contributed by atoms with Crippen molar-refractivity contribution < 1.29 is 26.3 Å². The molecule has 0 saturated carbocycles. The third-order valence-electron chi connectivity index (χ3n) is 0. The minimum atomic E-state index is 0. The minimum Gasteiger partial charge on any atom is -0.448 e. The molecule has 0 saturated heterocycles. The standard InChI is InChI=1S/CH2NO.W/c1-2-3;/h1,3H;/q-1;. The number of nitrogens with zero attached hydrogens (tertiary/aromatic N) is 1. The van der Waals surface area contributed by atoms with E-state index in [1.54, 1.807) is 0 Å². The Balaban J connectivity index is 0. The van der Waals surface area contributed by atoms with Gasteiger partial charge in [-0.25, -0.2) is 0 Å². The maximum Gasteiger partial charge on any atom is 0 e. The van der Waals surface area contributed by atoms with Crippen molar-refractivity contribution in [3.63, 3.8) is 0 Å². The molecular formula is CH2NOW-. The smallest absolute Gasteiger partial charge is 0 e. The molecule has 2 nitrogen and oxygen atoms in total. The van der Waals surface area contributed by atoms with Crippen molar-refractivity contribution >= 4 is 6.72 Å². The number of hydrogen-bond acceptors (Lipinski definition) is 2. The Bertz CT molecular complexity index is 15.5. The van der Waals surface area contributed by atoms with Crippen molar-refractivity contribution in [1.29, 1.82) is 0 Å². The maximum absolute atomic E-state index is 6.97. The van der Waals surface area contributed by atoms with E-state index < -0.39 is 0 Å². The molecule has 0 bridgehead atoms. The Kier molecular flexibility index (Phi) is 24.4. The van der Waals surface area contributed by atoms with E-state index in [0.29, 0.717) is 0 Å². The van der Waals surface area contributed by atoms with Gasteiger partial charge in [0.2, 0.25) is 0 Å². The van der Waals surface area contributed by atoms with E-state index >= 15 is 0 Å². The van der Waals surface area contributed by atoms with Gasteiger partial charge >= 0.3 is 0 Å². The van der Waals surface area contributed by atoms with Crippen LogP contribution in [0.15, 0.2) is 5.16 Å². The third-order valence-corrected chi connectivity index (χ3v) is 0. The molecule has 0 aliphatic carbocycles. The van der Waals surface area contributed by atoms with Crippen LogP contribution in [-0.2, 0) is 21.1 Å². The topological polar surface area (TPSA) is 32.6 Å². The largest absolute Gasteiger partial charge is 0.448 e. The Morgan fingerprint density at radius 3 is 1.75 bits per heavy atom. The predicted molar refractivity (Wildman–Crippen MR) is 10.3 cm³/mol. The summed E-state index contributed by atoms with van der Waals surface area (Å²) in [4.78, 5) is 0. The van der Waals surface area contributed by atoms with Crippen molar-refractivity contribution in [3.05, 3.63) is 0 Å². The minimum absolute atomic E-state index is 0. The molecule has 0 radical (unpaired) electrons. The monoisotopic (exact) mass is 228 g/mol. The average molecular weight is 228 g/mol. The van der Waals surface area contributed by atoms with Crippen molar-refractivity contribution in [2.45, 2.75) is 0 Å². The van der Waals surface area contributed by atoms with Crippen LogP contribution in [0.5, 0.6) is 0 Å². The Hall–Kier alpha value is 0.158. The van der Waals surface area contributed by atoms with E-state index in [0.717, 1.165) is 0 Å². The zero-order valence-corrected chi connectivity index (χ0v) is 4.81. The van der Waals surface area contributed by atoms with E-state index in [1.165, 1.54) is 0 Å². The SMILES string of the molecule is [CH-]=NO.[W]. The first-order chi connectivity index (χ1) is 1.41. The zero-order valence-electron chi connectivity index (χ0n) is 1.88. The Morgan fingerprint density at radius 1 is 1.75 bits per heavy atom. The van der Waals surface area contributed by atoms with Crippen LogP contribution in [-0.4, -0.2) is 11.9 Å². The van der Waals surface area contributed by atoms with E-state index in [4.69, 9.17) is 5.21 Å². The third kappa shape index (κ3) is 116. The first-order valence-electron chi connectivity index (χ1n) is 0.458. The summed E-state index contributed by atoms with van der Waals surface area (Å²) in [6.45, 7) is 4.03. The van der Waals surface area contributed by atoms with Gasteiger partial charge in [0, 0.05) is 21.1 Å². The number of hydrogen-bond donors (Lipinski definition) is 1. The van der Waals surface area contributed by atoms with Gasteiger partial charge in [0.05, 0.1) is 0 Å². The molecule has 0 aromatic heterocycles. The number of rotatable bonds is 0. The van der Waals surface area contributed by atoms with Crippen molar-refractivity contribution in [2.75, 3.05) is 0 Å². The van der Waals surface area contributed by atoms with Gasteiger partial charge in [-0.15, -0.1) is 0 Å². The molecule has 0 rings (SSSR count). The van der Waals surface area contributed by atoms with E-state index in [9.17, 15) is 0 Å². The van der Waals surface area contributed by atoms with E-state index in [1.807, 2.05) is 5.16 Å². The molecule has 0 aromatic rings. The molecule has 0 fully saturated rings. The summed E-state index contributed by atoms with van der Waals surface area (Å²) in [5, 5.41) is 8.97. The van der Waals surface area contributed by atoms with E-state index in [2.05, 4.69) is 6.72 Å². The second kappa shape index (κ2) is 11.0. The molecule has 0 aliphatic heterocycles. The van der Waals surface area contributed by atoms with Crippen molar-refractivity contribution in [2.24, 2.45) is 5.16 Å². The normalized spacial score (nSPS) is 3.00. The van der Waals surface area contributed by atoms with Crippen LogP contribution >= 0.6 is 0 Å². The molecule has 0 aromatic carbocycles. The first-order valence-corrected chi connectivity index (χ1v) is 0.458. The van der Waals surface area contributed by atoms with Gasteiger partial charge in [-0.3, -0.25) is 0 Å². The fourth-order valence-electron chi connectivity index (χ4n) is 0. The van der Waals surface area contributed by atoms with Crippen LogP contribution in [0.25, 0.3) is 0 Å². The van der Waals surface area contributed by atoms with Crippen LogP contribution in [0, 0.1) is 0 Å². The summed E-state index contributed by atoms with van der Waals surface area (Å²) in [5.74, 6) is 0. The summed E-state index contributed by atoms with van der Waals surface area (Å²) in [5.41, 5.74) is 0. The molecule has 0 atom stereocenters. The predicted octanol–water partition coefficient (Wildman–Crippen LogP) is -0.0493. The quantitative estimate of drug-likeness (QED) is 0.268. The molecule has 0 aliphatic rings. The summed E-state index contributed by atoms with van der Waals surface area (Å²) in [7, 11) is 0. The maximum atomic E-state index is 6.97. The van der Waals surface area contributed by atoms with Gasteiger partial charge in [-0.1, -0.05) is 0 Å². The van der Waals surface area contributed by atoms with Gasteiger partial charge in [-0.05, 0) is 0 Å². The fourth-order valence-corrected chi connectivity index (χ4v) is 0. The van der Waals surface area contributed by atoms with Crippen LogP contribution in [0.2, 0.25) is 0 Å². The fraction of sp³-hybridized carbons (Fsp3) is 0. The van der Waals surface area contributed by atoms with Gasteiger partial charge in [0.15, 0.2) is 0 Å². The van der Waals surface area contributed by atoms with Crippen molar-refractivity contribution in [1.82, 2.24) is 0 Å². The molecule has 0 unspecified atom stereocenters. The molecule has 0 spiro atoms. The second-order valence-electron chi connectivity index (χ2n) is 0.115. The molecule has 0 amide bonds. The Morgan fingerprint density at radius 2 is 1.75 bits per heavy atom. The van der Waals surface area contributed by atoms with Gasteiger partial charge < -0.3 is 17.1 Å². The van der Waals surface area contributed by atoms with Gasteiger partial charge in [0.1, 0.15) is 0 Å². The van der Waals surface area contributed by atoms with Crippen molar-refractivity contribution in [3.8, 4) is 0 Å². The summed E-state index contributed by atoms with van der Waals surface area (Å²) in [6.07, 6.45) is 0. The molecule has 1 N–H and O–H groups in total. The molecule has 4 heavy (non-hydrogen) atoms. The second-order valence-corrected chi connectivity index (χ2v) is 0.115. The molecule has 24 valence electrons. The molecule has 0 heterocycles. The molecule has 3 heteroatoms. The summed E-state index contributed by atoms with van der Waals surface area (Å²) >= 11 is 0. The van der Waals surface area contributed by atoms with Gasteiger partial charge in [-0.2, -0.15) is 0 Å². The molecular weight excluding hydrogens is 226 g/mol. The van der Waals surface area contributed by atoms with Crippen LogP contribution in [0.1, 0.15) is 0 Å². The van der Waals surface area contributed by atoms with E-state index in [-0.39, 0.29) is 21.1 Å².